The molecular weight excluding hydrogens is 478 g/mol. The van der Waals surface area contributed by atoms with Crippen molar-refractivity contribution in [3.8, 4) is 11.1 Å². The van der Waals surface area contributed by atoms with E-state index in [4.69, 9.17) is 0 Å². The monoisotopic (exact) mass is 505 g/mol. The minimum atomic E-state index is -4.65. The second-order valence-electron chi connectivity index (χ2n) is 9.50. The molecule has 0 radical (unpaired) electrons. The number of carbonyl (C=O) groups is 3. The zero-order valence-corrected chi connectivity index (χ0v) is 19.7. The molecule has 0 heterocycles. The molecule has 2 aromatic rings. The first-order valence-corrected chi connectivity index (χ1v) is 11.9. The summed E-state index contributed by atoms with van der Waals surface area (Å²) in [6.07, 6.45) is -2.97. The molecule has 2 aliphatic carbocycles. The average Bonchev–Trinajstić information content (AvgIpc) is 3.55. The molecule has 0 aliphatic heterocycles. The van der Waals surface area contributed by atoms with Crippen LogP contribution in [0.25, 0.3) is 11.1 Å². The van der Waals surface area contributed by atoms with Gasteiger partial charge in [-0.3, -0.25) is 14.4 Å². The molecule has 2 fully saturated rings. The second kappa shape index (κ2) is 9.91. The first-order chi connectivity index (χ1) is 17.0. The number of hydrogen-bond acceptors (Lipinski definition) is 3. The van der Waals surface area contributed by atoms with Crippen LogP contribution in [0, 0.1) is 5.82 Å². The lowest BCUT2D eigenvalue weighted by Gasteiger charge is -2.27. The lowest BCUT2D eigenvalue weighted by Crippen LogP contribution is -2.50. The minimum Gasteiger partial charge on any atom is -0.349 e. The molecule has 10 heteroatoms. The third-order valence-electron chi connectivity index (χ3n) is 6.67. The quantitative estimate of drug-likeness (QED) is 0.460. The Kier molecular flexibility index (Phi) is 7.06. The maximum Gasteiger partial charge on any atom is 0.397 e. The molecule has 0 aromatic heterocycles. The summed E-state index contributed by atoms with van der Waals surface area (Å²) >= 11 is 0. The number of carbonyl (C=O) groups excluding carboxylic acids is 3. The fourth-order valence-electron chi connectivity index (χ4n) is 4.20. The predicted molar refractivity (Wildman–Crippen MR) is 124 cm³/mol. The van der Waals surface area contributed by atoms with Gasteiger partial charge in [-0.15, -0.1) is 0 Å². The van der Waals surface area contributed by atoms with Gasteiger partial charge in [0.25, 0.3) is 5.91 Å². The summed E-state index contributed by atoms with van der Waals surface area (Å²) in [5.41, 5.74) is 0.416. The summed E-state index contributed by atoms with van der Waals surface area (Å²) in [6, 6.07) is 10.9. The molecule has 0 saturated heterocycles. The standard InChI is InChI=1S/C26H27F4N3O3/c1-15(31-24(36)25(12-13-25)33-21(34)14-26(28,29)30)16-8-10-17(11-9-16)19-6-3-7-20(27)22(19)23(35)32-18-4-2-5-18/h3,6-11,15,18H,2,4-5,12-14H2,1H3,(H,31,36)(H,32,35)(H,33,34)/t15-/m1/s1. The van der Waals surface area contributed by atoms with E-state index in [1.165, 1.54) is 12.1 Å². The molecule has 0 spiro atoms. The third kappa shape index (κ3) is 5.85. The summed E-state index contributed by atoms with van der Waals surface area (Å²) in [5.74, 6) is -2.86. The number of halogens is 4. The van der Waals surface area contributed by atoms with Gasteiger partial charge in [0.1, 0.15) is 17.8 Å². The van der Waals surface area contributed by atoms with Gasteiger partial charge < -0.3 is 16.0 Å². The molecular formula is C26H27F4N3O3. The van der Waals surface area contributed by atoms with Crippen molar-refractivity contribution in [2.24, 2.45) is 0 Å². The van der Waals surface area contributed by atoms with Gasteiger partial charge in [-0.25, -0.2) is 4.39 Å². The molecule has 2 aromatic carbocycles. The molecule has 0 bridgehead atoms. The fourth-order valence-corrected chi connectivity index (χ4v) is 4.20. The number of nitrogens with one attached hydrogen (secondary N) is 3. The van der Waals surface area contributed by atoms with Crippen LogP contribution in [0.5, 0.6) is 0 Å². The van der Waals surface area contributed by atoms with Gasteiger partial charge in [0.2, 0.25) is 11.8 Å². The van der Waals surface area contributed by atoms with Crippen molar-refractivity contribution in [2.45, 2.75) is 69.2 Å². The van der Waals surface area contributed by atoms with E-state index in [0.29, 0.717) is 16.7 Å². The highest BCUT2D eigenvalue weighted by atomic mass is 19.4. The molecule has 6 nitrogen and oxygen atoms in total. The maximum atomic E-state index is 14.6. The number of hydrogen-bond donors (Lipinski definition) is 3. The maximum absolute atomic E-state index is 14.6. The molecule has 36 heavy (non-hydrogen) atoms. The Morgan fingerprint density at radius 2 is 1.72 bits per heavy atom. The van der Waals surface area contributed by atoms with Crippen LogP contribution in [-0.2, 0) is 9.59 Å². The predicted octanol–water partition coefficient (Wildman–Crippen LogP) is 4.55. The largest absolute Gasteiger partial charge is 0.397 e. The number of rotatable bonds is 8. The van der Waals surface area contributed by atoms with E-state index in [9.17, 15) is 31.9 Å². The van der Waals surface area contributed by atoms with Gasteiger partial charge in [-0.05, 0) is 61.8 Å². The Hall–Kier alpha value is -3.43. The first kappa shape index (κ1) is 25.7. The van der Waals surface area contributed by atoms with Crippen LogP contribution in [0.2, 0.25) is 0 Å². The van der Waals surface area contributed by atoms with E-state index in [1.807, 2.05) is 0 Å². The zero-order chi connectivity index (χ0) is 26.1. The van der Waals surface area contributed by atoms with Crippen LogP contribution in [-0.4, -0.2) is 35.5 Å². The van der Waals surface area contributed by atoms with Gasteiger partial charge in [0, 0.05) is 6.04 Å². The van der Waals surface area contributed by atoms with Crippen molar-refractivity contribution in [1.29, 1.82) is 0 Å². The molecule has 2 aliphatic rings. The van der Waals surface area contributed by atoms with E-state index >= 15 is 0 Å². The Balaban J connectivity index is 1.43. The van der Waals surface area contributed by atoms with Gasteiger partial charge in [0.05, 0.1) is 11.6 Å². The topological polar surface area (TPSA) is 87.3 Å². The summed E-state index contributed by atoms with van der Waals surface area (Å²) in [6.45, 7) is 1.71. The van der Waals surface area contributed by atoms with E-state index in [-0.39, 0.29) is 24.4 Å². The second-order valence-corrected chi connectivity index (χ2v) is 9.50. The smallest absolute Gasteiger partial charge is 0.349 e. The molecule has 0 unspecified atom stereocenters. The van der Waals surface area contributed by atoms with Crippen molar-refractivity contribution in [3.05, 3.63) is 59.4 Å². The Bertz CT molecular complexity index is 1160. The molecule has 4 rings (SSSR count). The molecule has 2 saturated carbocycles. The van der Waals surface area contributed by atoms with Crippen molar-refractivity contribution < 1.29 is 31.9 Å². The van der Waals surface area contributed by atoms with Crippen LogP contribution in [0.4, 0.5) is 17.6 Å². The molecule has 3 N–H and O–H groups in total. The fraction of sp³-hybridized carbons (Fsp3) is 0.423. The highest BCUT2D eigenvalue weighted by molar-refractivity contribution is 6.01. The van der Waals surface area contributed by atoms with E-state index in [2.05, 4.69) is 16.0 Å². The van der Waals surface area contributed by atoms with Crippen LogP contribution in [0.3, 0.4) is 0 Å². The normalized spacial score (nSPS) is 17.5. The Labute approximate surface area is 205 Å². The van der Waals surface area contributed by atoms with E-state index < -0.39 is 47.7 Å². The third-order valence-corrected chi connectivity index (χ3v) is 6.67. The van der Waals surface area contributed by atoms with Gasteiger partial charge in [-0.2, -0.15) is 13.2 Å². The highest BCUT2D eigenvalue weighted by Crippen LogP contribution is 2.37. The van der Waals surface area contributed by atoms with Crippen LogP contribution >= 0.6 is 0 Å². The van der Waals surface area contributed by atoms with Crippen LogP contribution in [0.15, 0.2) is 42.5 Å². The number of alkyl halides is 3. The summed E-state index contributed by atoms with van der Waals surface area (Å²) in [4.78, 5) is 37.1. The van der Waals surface area contributed by atoms with Gasteiger partial charge in [0.15, 0.2) is 0 Å². The lowest BCUT2D eigenvalue weighted by atomic mass is 9.92. The van der Waals surface area contributed by atoms with Crippen molar-refractivity contribution in [2.75, 3.05) is 0 Å². The summed E-state index contributed by atoms with van der Waals surface area (Å²) in [7, 11) is 0. The highest BCUT2D eigenvalue weighted by Gasteiger charge is 2.52. The zero-order valence-electron chi connectivity index (χ0n) is 19.7. The Morgan fingerprint density at radius 1 is 1.06 bits per heavy atom. The molecule has 192 valence electrons. The first-order valence-electron chi connectivity index (χ1n) is 11.9. The lowest BCUT2D eigenvalue weighted by molar-refractivity contribution is -0.155. The van der Waals surface area contributed by atoms with Gasteiger partial charge >= 0.3 is 6.18 Å². The van der Waals surface area contributed by atoms with Gasteiger partial charge in [-0.1, -0.05) is 36.4 Å². The summed E-state index contributed by atoms with van der Waals surface area (Å²) < 4.78 is 52.0. The molecule has 3 amide bonds. The van der Waals surface area contributed by atoms with Crippen molar-refractivity contribution >= 4 is 17.7 Å². The molecule has 1 atom stereocenters. The Morgan fingerprint density at radius 3 is 2.28 bits per heavy atom. The number of benzene rings is 2. The van der Waals surface area contributed by atoms with Crippen molar-refractivity contribution in [1.82, 2.24) is 16.0 Å². The van der Waals surface area contributed by atoms with E-state index in [1.54, 1.807) is 37.3 Å². The van der Waals surface area contributed by atoms with Crippen LogP contribution < -0.4 is 16.0 Å². The number of amides is 3. The minimum absolute atomic E-state index is 0.0243. The average molecular weight is 506 g/mol. The van der Waals surface area contributed by atoms with Crippen LogP contribution in [0.1, 0.15) is 67.4 Å². The van der Waals surface area contributed by atoms with Crippen molar-refractivity contribution in [3.63, 3.8) is 0 Å². The summed E-state index contributed by atoms with van der Waals surface area (Å²) in [5, 5.41) is 7.81. The van der Waals surface area contributed by atoms with E-state index in [0.717, 1.165) is 19.3 Å². The SMILES string of the molecule is C[C@@H](NC(=O)C1(NC(=O)CC(F)(F)F)CC1)c1ccc(-c2cccc(F)c2C(=O)NC2CCC2)cc1.